The molecule has 6 nitrogen and oxygen atoms in total. The number of non-ortho nitro benzene ring substituents is 1. The van der Waals surface area contributed by atoms with Gasteiger partial charge in [-0.3, -0.25) is 10.1 Å². The van der Waals surface area contributed by atoms with Crippen LogP contribution in [0.2, 0.25) is 0 Å². The maximum absolute atomic E-state index is 10.7. The van der Waals surface area contributed by atoms with Crippen LogP contribution in [0.4, 0.5) is 11.4 Å². The van der Waals surface area contributed by atoms with Gasteiger partial charge in [0.2, 0.25) is 0 Å². The summed E-state index contributed by atoms with van der Waals surface area (Å²) < 4.78 is 5.57. The van der Waals surface area contributed by atoms with E-state index in [1.54, 1.807) is 12.1 Å². The van der Waals surface area contributed by atoms with Crippen LogP contribution in [0.5, 0.6) is 0 Å². The average molecular weight is 341 g/mol. The molecule has 0 heterocycles. The lowest BCUT2D eigenvalue weighted by Gasteiger charge is -2.16. The molecule has 0 atom stereocenters. The molecule has 0 aliphatic carbocycles. The first kappa shape index (κ1) is 18.7. The van der Waals surface area contributed by atoms with Crippen molar-refractivity contribution in [2.45, 2.75) is 40.8 Å². The first-order chi connectivity index (χ1) is 11.9. The molecular formula is C19H23N3O3. The topological polar surface area (TPSA) is 77.1 Å². The summed E-state index contributed by atoms with van der Waals surface area (Å²) in [7, 11) is 0. The summed E-state index contributed by atoms with van der Waals surface area (Å²) in [6, 6.07) is 8.19. The van der Waals surface area contributed by atoms with Gasteiger partial charge in [-0.15, -0.1) is 0 Å². The van der Waals surface area contributed by atoms with Gasteiger partial charge in [0.15, 0.2) is 0 Å². The summed E-state index contributed by atoms with van der Waals surface area (Å²) in [4.78, 5) is 10.2. The number of nitro groups is 1. The molecule has 0 aliphatic heterocycles. The van der Waals surface area contributed by atoms with Gasteiger partial charge in [-0.1, -0.05) is 6.07 Å². The van der Waals surface area contributed by atoms with Crippen molar-refractivity contribution in [2.24, 2.45) is 10.2 Å². The van der Waals surface area contributed by atoms with E-state index in [9.17, 15) is 10.1 Å². The molecule has 0 N–H and O–H groups in total. The van der Waals surface area contributed by atoms with Crippen LogP contribution in [0, 0.1) is 30.9 Å². The molecule has 0 unspecified atom stereocenters. The van der Waals surface area contributed by atoms with Crippen molar-refractivity contribution in [2.75, 3.05) is 6.61 Å². The quantitative estimate of drug-likeness (QED) is 0.387. The second-order valence-corrected chi connectivity index (χ2v) is 5.90. The summed E-state index contributed by atoms with van der Waals surface area (Å²) >= 11 is 0. The molecule has 0 saturated carbocycles. The van der Waals surface area contributed by atoms with Crippen molar-refractivity contribution in [3.63, 3.8) is 0 Å². The highest BCUT2D eigenvalue weighted by Gasteiger charge is 2.11. The Morgan fingerprint density at radius 2 is 1.72 bits per heavy atom. The minimum absolute atomic E-state index is 0.0461. The van der Waals surface area contributed by atoms with Gasteiger partial charge < -0.3 is 4.74 Å². The highest BCUT2D eigenvalue weighted by atomic mass is 16.6. The largest absolute Gasteiger partial charge is 0.377 e. The van der Waals surface area contributed by atoms with Crippen LogP contribution in [0.3, 0.4) is 0 Å². The van der Waals surface area contributed by atoms with Crippen molar-refractivity contribution in [3.05, 3.63) is 68.3 Å². The van der Waals surface area contributed by atoms with Crippen LogP contribution in [0.1, 0.15) is 34.7 Å². The fraction of sp³-hybridized carbons (Fsp3) is 0.368. The lowest BCUT2D eigenvalue weighted by Crippen LogP contribution is -2.03. The number of benzene rings is 2. The number of azo groups is 1. The van der Waals surface area contributed by atoms with E-state index in [-0.39, 0.29) is 5.69 Å². The Morgan fingerprint density at radius 3 is 2.32 bits per heavy atom. The molecule has 25 heavy (non-hydrogen) atoms. The normalized spacial score (nSPS) is 11.2. The molecule has 0 amide bonds. The minimum atomic E-state index is -0.431. The van der Waals surface area contributed by atoms with E-state index in [2.05, 4.69) is 37.1 Å². The summed E-state index contributed by atoms with van der Waals surface area (Å²) in [6.07, 6.45) is 0. The van der Waals surface area contributed by atoms with Crippen molar-refractivity contribution >= 4 is 11.4 Å². The van der Waals surface area contributed by atoms with Gasteiger partial charge in [-0.2, -0.15) is 10.2 Å². The van der Waals surface area contributed by atoms with Crippen LogP contribution in [-0.2, 0) is 17.9 Å². The van der Waals surface area contributed by atoms with Crippen LogP contribution < -0.4 is 0 Å². The number of nitrogens with zero attached hydrogens (tertiary/aromatic N) is 3. The second-order valence-electron chi connectivity index (χ2n) is 5.90. The molecule has 0 aliphatic rings. The van der Waals surface area contributed by atoms with Gasteiger partial charge in [0, 0.05) is 18.7 Å². The predicted molar refractivity (Wildman–Crippen MR) is 97.3 cm³/mol. The van der Waals surface area contributed by atoms with E-state index in [0.29, 0.717) is 25.4 Å². The van der Waals surface area contributed by atoms with Crippen LogP contribution in [0.15, 0.2) is 40.6 Å². The van der Waals surface area contributed by atoms with Crippen LogP contribution in [0.25, 0.3) is 0 Å². The number of hydrogen-bond donors (Lipinski definition) is 0. The van der Waals surface area contributed by atoms with E-state index in [4.69, 9.17) is 4.74 Å². The third-order valence-electron chi connectivity index (χ3n) is 4.22. The zero-order valence-corrected chi connectivity index (χ0v) is 15.1. The number of hydrogen-bond acceptors (Lipinski definition) is 5. The molecule has 6 heteroatoms. The molecule has 0 radical (unpaired) electrons. The molecule has 0 fully saturated rings. The summed E-state index contributed by atoms with van der Waals surface area (Å²) in [6.45, 7) is 9.98. The molecule has 2 aromatic carbocycles. The van der Waals surface area contributed by atoms with E-state index in [1.807, 2.05) is 6.92 Å². The highest BCUT2D eigenvalue weighted by Crippen LogP contribution is 2.25. The third-order valence-corrected chi connectivity index (χ3v) is 4.22. The molecular weight excluding hydrogens is 318 g/mol. The summed E-state index contributed by atoms with van der Waals surface area (Å²) in [5.74, 6) is 0. The van der Waals surface area contributed by atoms with Crippen LogP contribution >= 0.6 is 0 Å². The maximum Gasteiger partial charge on any atom is 0.269 e. The van der Waals surface area contributed by atoms with Crippen molar-refractivity contribution < 1.29 is 9.66 Å². The highest BCUT2D eigenvalue weighted by molar-refractivity contribution is 5.45. The zero-order valence-electron chi connectivity index (χ0n) is 15.1. The van der Waals surface area contributed by atoms with Crippen LogP contribution in [-0.4, -0.2) is 11.5 Å². The lowest BCUT2D eigenvalue weighted by atomic mass is 9.94. The fourth-order valence-corrected chi connectivity index (χ4v) is 2.77. The van der Waals surface area contributed by atoms with E-state index in [0.717, 1.165) is 5.56 Å². The molecule has 0 saturated heterocycles. The fourth-order valence-electron chi connectivity index (χ4n) is 2.77. The number of aryl methyl sites for hydroxylation is 2. The Balaban J connectivity index is 2.17. The SMILES string of the molecule is CCOCc1c(C)cc(C)c(CN=Nc2ccc([N+](=O)[O-])cc2)c1C. The monoisotopic (exact) mass is 341 g/mol. The number of rotatable bonds is 7. The Kier molecular flexibility index (Phi) is 6.36. The van der Waals surface area contributed by atoms with Gasteiger partial charge in [0.05, 0.1) is 23.8 Å². The smallest absolute Gasteiger partial charge is 0.269 e. The van der Waals surface area contributed by atoms with E-state index >= 15 is 0 Å². The first-order valence-corrected chi connectivity index (χ1v) is 8.22. The molecule has 2 aromatic rings. The molecule has 0 bridgehead atoms. The van der Waals surface area contributed by atoms with Crippen molar-refractivity contribution in [3.8, 4) is 0 Å². The van der Waals surface area contributed by atoms with Gasteiger partial charge in [-0.25, -0.2) is 0 Å². The van der Waals surface area contributed by atoms with Gasteiger partial charge >= 0.3 is 0 Å². The third kappa shape index (κ3) is 4.70. The van der Waals surface area contributed by atoms with Crippen molar-refractivity contribution in [1.29, 1.82) is 0 Å². The predicted octanol–water partition coefficient (Wildman–Crippen LogP) is 5.34. The Labute approximate surface area is 147 Å². The Bertz CT molecular complexity index is 783. The molecule has 132 valence electrons. The van der Waals surface area contributed by atoms with E-state index in [1.165, 1.54) is 34.4 Å². The lowest BCUT2D eigenvalue weighted by molar-refractivity contribution is -0.384. The zero-order chi connectivity index (χ0) is 18.4. The van der Waals surface area contributed by atoms with Gasteiger partial charge in [-0.05, 0) is 67.6 Å². The van der Waals surface area contributed by atoms with Gasteiger partial charge in [0.1, 0.15) is 0 Å². The standard InChI is InChI=1S/C19H23N3O3/c1-5-25-12-19-14(3)10-13(2)18(15(19)4)11-20-21-16-6-8-17(9-7-16)22(23)24/h6-10H,5,11-12H2,1-4H3. The Morgan fingerprint density at radius 1 is 1.08 bits per heavy atom. The summed E-state index contributed by atoms with van der Waals surface area (Å²) in [5.41, 5.74) is 6.58. The number of ether oxygens (including phenoxy) is 1. The van der Waals surface area contributed by atoms with E-state index < -0.39 is 4.92 Å². The number of nitro benzene ring substituents is 1. The summed E-state index contributed by atoms with van der Waals surface area (Å²) in [5, 5.41) is 19.1. The molecule has 0 spiro atoms. The van der Waals surface area contributed by atoms with Crippen molar-refractivity contribution in [1.82, 2.24) is 0 Å². The molecule has 0 aromatic heterocycles. The minimum Gasteiger partial charge on any atom is -0.377 e. The second kappa shape index (κ2) is 8.48. The average Bonchev–Trinajstić information content (AvgIpc) is 2.58. The Hall–Kier alpha value is -2.60. The van der Waals surface area contributed by atoms with Gasteiger partial charge in [0.25, 0.3) is 5.69 Å². The first-order valence-electron chi connectivity index (χ1n) is 8.22. The molecule has 2 rings (SSSR count). The maximum atomic E-state index is 10.7.